The van der Waals surface area contributed by atoms with Gasteiger partial charge in [-0.15, -0.1) is 0 Å². The van der Waals surface area contributed by atoms with Gasteiger partial charge in [0.05, 0.1) is 12.2 Å². The molecule has 1 rings (SSSR count). The number of para-hydroxylation sites is 1. The zero-order chi connectivity index (χ0) is 13.9. The van der Waals surface area contributed by atoms with Crippen LogP contribution in [0.15, 0.2) is 24.3 Å². The molecule has 1 aromatic carbocycles. The fourth-order valence-corrected chi connectivity index (χ4v) is 1.58. The topological polar surface area (TPSA) is 73.6 Å². The van der Waals surface area contributed by atoms with Gasteiger partial charge in [-0.05, 0) is 31.5 Å². The van der Waals surface area contributed by atoms with Gasteiger partial charge in [0.25, 0.3) is 5.91 Å². The number of hydrogen-bond donors (Lipinski definition) is 2. The second-order valence-corrected chi connectivity index (χ2v) is 4.09. The molecule has 0 fully saturated rings. The molecule has 0 aromatic heterocycles. The number of nitrogens with one attached hydrogen (secondary N) is 1. The van der Waals surface area contributed by atoms with Crippen LogP contribution in [0.4, 0.5) is 0 Å². The van der Waals surface area contributed by atoms with Crippen molar-refractivity contribution in [2.75, 3.05) is 33.4 Å². The number of nitrogens with two attached hydrogens (primary N) is 1. The van der Waals surface area contributed by atoms with Gasteiger partial charge in [0, 0.05) is 13.7 Å². The molecule has 5 nitrogen and oxygen atoms in total. The molecule has 3 N–H and O–H groups in total. The summed E-state index contributed by atoms with van der Waals surface area (Å²) in [6.07, 6.45) is 1.79. The standard InChI is InChI=1S/C14H22N2O3/c1-18-10-11-19-13-7-3-2-6-12(13)14(17)16-9-5-4-8-15/h2-3,6-7H,4-5,8-11,15H2,1H3,(H,16,17). The van der Waals surface area contributed by atoms with E-state index < -0.39 is 0 Å². The van der Waals surface area contributed by atoms with Crippen molar-refractivity contribution in [1.29, 1.82) is 0 Å². The second kappa shape index (κ2) is 9.35. The second-order valence-electron chi connectivity index (χ2n) is 4.09. The largest absolute Gasteiger partial charge is 0.490 e. The molecule has 0 radical (unpaired) electrons. The summed E-state index contributed by atoms with van der Waals surface area (Å²) >= 11 is 0. The lowest BCUT2D eigenvalue weighted by Gasteiger charge is -2.11. The number of ether oxygens (including phenoxy) is 2. The molecule has 106 valence electrons. The minimum atomic E-state index is -0.120. The van der Waals surface area contributed by atoms with E-state index in [-0.39, 0.29) is 5.91 Å². The Morgan fingerprint density at radius 2 is 2.05 bits per heavy atom. The Labute approximate surface area is 114 Å². The van der Waals surface area contributed by atoms with Crippen molar-refractivity contribution in [3.05, 3.63) is 29.8 Å². The van der Waals surface area contributed by atoms with Crippen molar-refractivity contribution in [2.24, 2.45) is 5.73 Å². The smallest absolute Gasteiger partial charge is 0.255 e. The Morgan fingerprint density at radius 1 is 1.26 bits per heavy atom. The van der Waals surface area contributed by atoms with Crippen molar-refractivity contribution < 1.29 is 14.3 Å². The number of amides is 1. The van der Waals surface area contributed by atoms with E-state index in [1.165, 1.54) is 0 Å². The molecule has 0 aliphatic heterocycles. The molecule has 0 spiro atoms. The molecule has 0 unspecified atom stereocenters. The molecule has 0 saturated carbocycles. The lowest BCUT2D eigenvalue weighted by Crippen LogP contribution is -2.25. The zero-order valence-electron chi connectivity index (χ0n) is 11.4. The number of carbonyl (C=O) groups excluding carboxylic acids is 1. The predicted molar refractivity (Wildman–Crippen MR) is 74.4 cm³/mol. The van der Waals surface area contributed by atoms with Crippen LogP contribution in [-0.2, 0) is 4.74 Å². The molecule has 19 heavy (non-hydrogen) atoms. The summed E-state index contributed by atoms with van der Waals surface area (Å²) in [5.41, 5.74) is 5.95. The third-order valence-electron chi connectivity index (χ3n) is 2.59. The van der Waals surface area contributed by atoms with Crippen LogP contribution >= 0.6 is 0 Å². The molecule has 0 aliphatic carbocycles. The fourth-order valence-electron chi connectivity index (χ4n) is 1.58. The summed E-state index contributed by atoms with van der Waals surface area (Å²) in [6, 6.07) is 7.19. The molecule has 0 atom stereocenters. The average molecular weight is 266 g/mol. The first kappa shape index (κ1) is 15.5. The van der Waals surface area contributed by atoms with E-state index in [1.807, 2.05) is 12.1 Å². The van der Waals surface area contributed by atoms with Gasteiger partial charge in [0.15, 0.2) is 0 Å². The average Bonchev–Trinajstić information content (AvgIpc) is 2.44. The van der Waals surface area contributed by atoms with Crippen LogP contribution in [0.25, 0.3) is 0 Å². The monoisotopic (exact) mass is 266 g/mol. The predicted octanol–water partition coefficient (Wildman–Crippen LogP) is 1.18. The fraction of sp³-hybridized carbons (Fsp3) is 0.500. The maximum Gasteiger partial charge on any atom is 0.255 e. The Balaban J connectivity index is 2.52. The third-order valence-corrected chi connectivity index (χ3v) is 2.59. The molecular weight excluding hydrogens is 244 g/mol. The van der Waals surface area contributed by atoms with Crippen molar-refractivity contribution in [3.8, 4) is 5.75 Å². The van der Waals surface area contributed by atoms with Crippen molar-refractivity contribution >= 4 is 5.91 Å². The van der Waals surface area contributed by atoms with Gasteiger partial charge < -0.3 is 20.5 Å². The van der Waals surface area contributed by atoms with Crippen LogP contribution in [0.3, 0.4) is 0 Å². The summed E-state index contributed by atoms with van der Waals surface area (Å²) in [6.45, 7) is 2.19. The zero-order valence-corrected chi connectivity index (χ0v) is 11.4. The van der Waals surface area contributed by atoms with Crippen LogP contribution in [0.5, 0.6) is 5.75 Å². The Kier molecular flexibility index (Phi) is 7.62. The minimum Gasteiger partial charge on any atom is -0.490 e. The van der Waals surface area contributed by atoms with Gasteiger partial charge in [-0.1, -0.05) is 12.1 Å². The van der Waals surface area contributed by atoms with Gasteiger partial charge >= 0.3 is 0 Å². The van der Waals surface area contributed by atoms with E-state index in [1.54, 1.807) is 19.2 Å². The summed E-state index contributed by atoms with van der Waals surface area (Å²) in [5, 5.41) is 2.86. The Hall–Kier alpha value is -1.59. The normalized spacial score (nSPS) is 10.2. The van der Waals surface area contributed by atoms with E-state index in [0.29, 0.717) is 37.6 Å². The van der Waals surface area contributed by atoms with E-state index in [2.05, 4.69) is 5.32 Å². The van der Waals surface area contributed by atoms with Crippen LogP contribution in [0.1, 0.15) is 23.2 Å². The van der Waals surface area contributed by atoms with Gasteiger partial charge in [0.1, 0.15) is 12.4 Å². The van der Waals surface area contributed by atoms with Crippen LogP contribution in [0.2, 0.25) is 0 Å². The van der Waals surface area contributed by atoms with Gasteiger partial charge in [-0.3, -0.25) is 4.79 Å². The lowest BCUT2D eigenvalue weighted by molar-refractivity contribution is 0.0945. The number of hydrogen-bond acceptors (Lipinski definition) is 4. The molecule has 0 saturated heterocycles. The number of carbonyl (C=O) groups is 1. The number of benzene rings is 1. The molecule has 1 aromatic rings. The molecule has 5 heteroatoms. The number of rotatable bonds is 9. The lowest BCUT2D eigenvalue weighted by atomic mass is 10.2. The highest BCUT2D eigenvalue weighted by molar-refractivity contribution is 5.96. The maximum absolute atomic E-state index is 12.0. The molecule has 0 bridgehead atoms. The van der Waals surface area contributed by atoms with Crippen LogP contribution < -0.4 is 15.8 Å². The molecule has 0 aliphatic rings. The number of methoxy groups -OCH3 is 1. The van der Waals surface area contributed by atoms with E-state index >= 15 is 0 Å². The third kappa shape index (κ3) is 5.72. The van der Waals surface area contributed by atoms with Gasteiger partial charge in [0.2, 0.25) is 0 Å². The van der Waals surface area contributed by atoms with Gasteiger partial charge in [-0.2, -0.15) is 0 Å². The van der Waals surface area contributed by atoms with Crippen LogP contribution in [-0.4, -0.2) is 39.3 Å². The Bertz CT molecular complexity index is 383. The maximum atomic E-state index is 12.0. The minimum absolute atomic E-state index is 0.120. The first-order valence-corrected chi connectivity index (χ1v) is 6.48. The van der Waals surface area contributed by atoms with Crippen LogP contribution in [0, 0.1) is 0 Å². The van der Waals surface area contributed by atoms with Crippen molar-refractivity contribution in [2.45, 2.75) is 12.8 Å². The highest BCUT2D eigenvalue weighted by Crippen LogP contribution is 2.17. The van der Waals surface area contributed by atoms with E-state index in [4.69, 9.17) is 15.2 Å². The van der Waals surface area contributed by atoms with E-state index in [0.717, 1.165) is 12.8 Å². The van der Waals surface area contributed by atoms with Gasteiger partial charge in [-0.25, -0.2) is 0 Å². The summed E-state index contributed by atoms with van der Waals surface area (Å²) in [7, 11) is 1.61. The first-order chi connectivity index (χ1) is 9.29. The van der Waals surface area contributed by atoms with Crippen molar-refractivity contribution in [3.63, 3.8) is 0 Å². The molecular formula is C14H22N2O3. The SMILES string of the molecule is COCCOc1ccccc1C(=O)NCCCCN. The summed E-state index contributed by atoms with van der Waals surface area (Å²) in [4.78, 5) is 12.0. The Morgan fingerprint density at radius 3 is 2.79 bits per heavy atom. The number of unbranched alkanes of at least 4 members (excludes halogenated alkanes) is 1. The van der Waals surface area contributed by atoms with E-state index in [9.17, 15) is 4.79 Å². The summed E-state index contributed by atoms with van der Waals surface area (Å²) in [5.74, 6) is 0.459. The van der Waals surface area contributed by atoms with Crippen molar-refractivity contribution in [1.82, 2.24) is 5.32 Å². The quantitative estimate of drug-likeness (QED) is 0.658. The molecule has 0 heterocycles. The highest BCUT2D eigenvalue weighted by atomic mass is 16.5. The summed E-state index contributed by atoms with van der Waals surface area (Å²) < 4.78 is 10.4. The molecule has 1 amide bonds. The highest BCUT2D eigenvalue weighted by Gasteiger charge is 2.11. The first-order valence-electron chi connectivity index (χ1n) is 6.48.